The fourth-order valence-electron chi connectivity index (χ4n) is 2.83. The van der Waals surface area contributed by atoms with Gasteiger partial charge in [0.1, 0.15) is 5.75 Å². The topological polar surface area (TPSA) is 80.2 Å². The summed E-state index contributed by atoms with van der Waals surface area (Å²) in [6.07, 6.45) is 1.54. The molecule has 1 heterocycles. The van der Waals surface area contributed by atoms with Gasteiger partial charge in [0.05, 0.1) is 25.2 Å². The Kier molecular flexibility index (Phi) is 9.67. The molecule has 1 N–H and O–H groups in total. The molecule has 0 bridgehead atoms. The van der Waals surface area contributed by atoms with Crippen LogP contribution < -0.4 is 10.2 Å². The Morgan fingerprint density at radius 3 is 2.50 bits per heavy atom. The number of ether oxygens (including phenoxy) is 2. The molecule has 1 fully saturated rings. The van der Waals surface area contributed by atoms with Crippen molar-refractivity contribution in [3.63, 3.8) is 0 Å². The number of benzene rings is 2. The predicted octanol–water partition coefficient (Wildman–Crippen LogP) is 3.61. The van der Waals surface area contributed by atoms with Crippen molar-refractivity contribution in [3.05, 3.63) is 63.6 Å². The summed E-state index contributed by atoms with van der Waals surface area (Å²) in [6.45, 7) is 2.29. The van der Waals surface area contributed by atoms with Gasteiger partial charge in [-0.15, -0.1) is 11.8 Å². The summed E-state index contributed by atoms with van der Waals surface area (Å²) in [4.78, 5) is 25.8. The first-order valence-corrected chi connectivity index (χ1v) is 11.8. The van der Waals surface area contributed by atoms with Gasteiger partial charge in [0.25, 0.3) is 5.91 Å². The first-order chi connectivity index (χ1) is 15.5. The third-order valence-corrected chi connectivity index (χ3v) is 6.22. The van der Waals surface area contributed by atoms with Crippen LogP contribution in [0.3, 0.4) is 0 Å². The van der Waals surface area contributed by atoms with E-state index in [9.17, 15) is 9.59 Å². The van der Waals surface area contributed by atoms with Crippen molar-refractivity contribution < 1.29 is 19.1 Å². The van der Waals surface area contributed by atoms with E-state index in [0.29, 0.717) is 47.9 Å². The molecule has 0 saturated carbocycles. The highest BCUT2D eigenvalue weighted by Gasteiger charge is 2.17. The van der Waals surface area contributed by atoms with E-state index in [4.69, 9.17) is 32.7 Å². The van der Waals surface area contributed by atoms with Gasteiger partial charge in [-0.25, -0.2) is 5.43 Å². The molecule has 7 nitrogen and oxygen atoms in total. The Labute approximate surface area is 201 Å². The largest absolute Gasteiger partial charge is 0.484 e. The molecular weight excluding hydrogens is 473 g/mol. The normalized spacial score (nSPS) is 13.9. The lowest BCUT2D eigenvalue weighted by atomic mass is 10.2. The molecule has 10 heteroatoms. The molecule has 2 aromatic rings. The molecular formula is C22H23Cl2N3O4S. The first kappa shape index (κ1) is 24.4. The quantitative estimate of drug-likeness (QED) is 0.424. The van der Waals surface area contributed by atoms with Crippen molar-refractivity contribution in [2.24, 2.45) is 5.10 Å². The molecule has 0 aliphatic carbocycles. The fraction of sp³-hybridized carbons (Fsp3) is 0.318. The van der Waals surface area contributed by atoms with Crippen LogP contribution in [0.2, 0.25) is 10.0 Å². The van der Waals surface area contributed by atoms with Gasteiger partial charge in [0.2, 0.25) is 5.91 Å². The average molecular weight is 496 g/mol. The van der Waals surface area contributed by atoms with E-state index in [2.05, 4.69) is 10.5 Å². The molecule has 1 saturated heterocycles. The molecule has 2 aromatic carbocycles. The monoisotopic (exact) mass is 495 g/mol. The lowest BCUT2D eigenvalue weighted by Gasteiger charge is -2.26. The smallest absolute Gasteiger partial charge is 0.260 e. The average Bonchev–Trinajstić information content (AvgIpc) is 2.81. The number of nitrogens with zero attached hydrogens (tertiary/aromatic N) is 2. The number of hydrogen-bond donors (Lipinski definition) is 1. The van der Waals surface area contributed by atoms with E-state index in [-0.39, 0.29) is 24.2 Å². The van der Waals surface area contributed by atoms with Crippen LogP contribution in [0.1, 0.15) is 11.1 Å². The number of halogens is 2. The van der Waals surface area contributed by atoms with Gasteiger partial charge < -0.3 is 14.4 Å². The summed E-state index contributed by atoms with van der Waals surface area (Å²) >= 11 is 13.6. The number of thioether (sulfide) groups is 1. The van der Waals surface area contributed by atoms with E-state index in [0.717, 1.165) is 11.1 Å². The Balaban J connectivity index is 1.36. The van der Waals surface area contributed by atoms with Gasteiger partial charge in [0.15, 0.2) is 6.61 Å². The number of carbonyl (C=O) groups excluding carboxylic acids is 2. The number of hydrazone groups is 1. The maximum atomic E-state index is 12.1. The molecule has 2 amide bonds. The summed E-state index contributed by atoms with van der Waals surface area (Å²) in [7, 11) is 0. The second-order valence-electron chi connectivity index (χ2n) is 6.84. The van der Waals surface area contributed by atoms with Crippen LogP contribution in [0.4, 0.5) is 0 Å². The zero-order valence-corrected chi connectivity index (χ0v) is 19.6. The minimum absolute atomic E-state index is 0.0133. The third-order valence-electron chi connectivity index (χ3n) is 4.55. The van der Waals surface area contributed by atoms with Gasteiger partial charge in [-0.3, -0.25) is 9.59 Å². The van der Waals surface area contributed by atoms with E-state index in [1.165, 1.54) is 18.0 Å². The van der Waals surface area contributed by atoms with E-state index in [1.807, 2.05) is 0 Å². The molecule has 0 atom stereocenters. The number of rotatable bonds is 9. The second kappa shape index (κ2) is 12.7. The highest BCUT2D eigenvalue weighted by molar-refractivity contribution is 7.99. The maximum Gasteiger partial charge on any atom is 0.260 e. The van der Waals surface area contributed by atoms with E-state index >= 15 is 0 Å². The van der Waals surface area contributed by atoms with E-state index in [1.54, 1.807) is 47.4 Å². The first-order valence-electron chi connectivity index (χ1n) is 9.94. The summed E-state index contributed by atoms with van der Waals surface area (Å²) in [5.74, 6) is 1.06. The van der Waals surface area contributed by atoms with Crippen molar-refractivity contribution >= 4 is 53.0 Å². The van der Waals surface area contributed by atoms with Crippen LogP contribution in [0.5, 0.6) is 5.75 Å². The second-order valence-corrected chi connectivity index (χ2v) is 8.64. The lowest BCUT2D eigenvalue weighted by molar-refractivity contribution is -0.137. The van der Waals surface area contributed by atoms with Crippen LogP contribution in [-0.2, 0) is 20.1 Å². The minimum Gasteiger partial charge on any atom is -0.484 e. The van der Waals surface area contributed by atoms with Crippen molar-refractivity contribution in [1.82, 2.24) is 10.3 Å². The summed E-state index contributed by atoms with van der Waals surface area (Å²) < 4.78 is 10.8. The molecule has 0 radical (unpaired) electrons. The highest BCUT2D eigenvalue weighted by Crippen LogP contribution is 2.28. The minimum atomic E-state index is -0.226. The Bertz CT molecular complexity index is 930. The zero-order chi connectivity index (χ0) is 22.8. The van der Waals surface area contributed by atoms with Crippen molar-refractivity contribution in [1.29, 1.82) is 0 Å². The number of hydrogen-bond acceptors (Lipinski definition) is 6. The van der Waals surface area contributed by atoms with Crippen molar-refractivity contribution in [3.8, 4) is 5.75 Å². The zero-order valence-electron chi connectivity index (χ0n) is 17.3. The summed E-state index contributed by atoms with van der Waals surface area (Å²) in [6, 6.07) is 12.4. The molecule has 0 unspecified atom stereocenters. The SMILES string of the molecule is O=C(CSCc1c(Cl)cccc1Cl)N/N=C\c1ccc(OCC(=O)N2CCOCC2)cc1. The van der Waals surface area contributed by atoms with Crippen molar-refractivity contribution in [2.75, 3.05) is 38.7 Å². The standard InChI is InChI=1S/C22H23Cl2N3O4S/c23-19-2-1-3-20(24)18(19)14-32-15-21(28)26-25-12-16-4-6-17(7-5-16)31-13-22(29)27-8-10-30-11-9-27/h1-7,12H,8-11,13-15H2,(H,26,28)/b25-12-. The molecule has 1 aliphatic rings. The molecule has 3 rings (SSSR count). The third kappa shape index (κ3) is 7.70. The highest BCUT2D eigenvalue weighted by atomic mass is 35.5. The summed E-state index contributed by atoms with van der Waals surface area (Å²) in [5.41, 5.74) is 4.09. The number of amides is 2. The van der Waals surface area contributed by atoms with Gasteiger partial charge in [0, 0.05) is 28.9 Å². The summed E-state index contributed by atoms with van der Waals surface area (Å²) in [5, 5.41) is 5.13. The number of morpholine rings is 1. The van der Waals surface area contributed by atoms with Crippen molar-refractivity contribution in [2.45, 2.75) is 5.75 Å². The van der Waals surface area contributed by atoms with Gasteiger partial charge in [-0.1, -0.05) is 29.3 Å². The predicted molar refractivity (Wildman–Crippen MR) is 128 cm³/mol. The molecule has 32 heavy (non-hydrogen) atoms. The van der Waals surface area contributed by atoms with Gasteiger partial charge in [-0.2, -0.15) is 5.10 Å². The molecule has 170 valence electrons. The van der Waals surface area contributed by atoms with Crippen LogP contribution in [0.25, 0.3) is 0 Å². The molecule has 0 spiro atoms. The fourth-order valence-corrected chi connectivity index (χ4v) is 4.38. The van der Waals surface area contributed by atoms with Crippen LogP contribution in [0, 0.1) is 0 Å². The van der Waals surface area contributed by atoms with Crippen LogP contribution in [-0.4, -0.2) is 61.6 Å². The van der Waals surface area contributed by atoms with Crippen LogP contribution in [0.15, 0.2) is 47.6 Å². The van der Waals surface area contributed by atoms with E-state index < -0.39 is 0 Å². The Morgan fingerprint density at radius 1 is 1.12 bits per heavy atom. The number of nitrogens with one attached hydrogen (secondary N) is 1. The maximum absolute atomic E-state index is 12.1. The van der Waals surface area contributed by atoms with Crippen LogP contribution >= 0.6 is 35.0 Å². The Hall–Kier alpha value is -2.26. The lowest BCUT2D eigenvalue weighted by Crippen LogP contribution is -2.42. The Morgan fingerprint density at radius 2 is 1.81 bits per heavy atom. The molecule has 0 aromatic heterocycles. The molecule has 1 aliphatic heterocycles. The van der Waals surface area contributed by atoms with Gasteiger partial charge in [-0.05, 0) is 47.5 Å². The van der Waals surface area contributed by atoms with Gasteiger partial charge >= 0.3 is 0 Å². The number of carbonyl (C=O) groups is 2.